The molecule has 0 saturated heterocycles. The number of rotatable bonds is 4. The Bertz CT molecular complexity index is 979. The Morgan fingerprint density at radius 3 is 2.08 bits per heavy atom. The third-order valence-electron chi connectivity index (χ3n) is 4.12. The summed E-state index contributed by atoms with van der Waals surface area (Å²) in [5, 5.41) is 4.20. The highest BCUT2D eigenvalue weighted by Gasteiger charge is 2.05. The highest BCUT2D eigenvalue weighted by atomic mass is 32.1. The van der Waals surface area contributed by atoms with E-state index in [4.69, 9.17) is 4.98 Å². The van der Waals surface area contributed by atoms with Crippen LogP contribution in [0.3, 0.4) is 0 Å². The van der Waals surface area contributed by atoms with Gasteiger partial charge in [-0.25, -0.2) is 4.98 Å². The van der Waals surface area contributed by atoms with Crippen LogP contribution in [-0.4, -0.2) is 12.0 Å². The molecule has 0 fully saturated rings. The first-order chi connectivity index (χ1) is 12.3. The first-order valence-corrected chi connectivity index (χ1v) is 9.05. The third-order valence-corrected chi connectivity index (χ3v) is 5.20. The highest BCUT2D eigenvalue weighted by Crippen LogP contribution is 2.30. The number of hydrogen-bond donors (Lipinski definition) is 1. The molecule has 0 bridgehead atoms. The molecule has 1 aromatic heterocycles. The molecule has 0 aliphatic heterocycles. The van der Waals surface area contributed by atoms with E-state index in [-0.39, 0.29) is 0 Å². The number of nitrogens with one attached hydrogen (secondary N) is 1. The summed E-state index contributed by atoms with van der Waals surface area (Å²) in [5.74, 6) is 0. The minimum Gasteiger partial charge on any atom is -0.388 e. The lowest BCUT2D eigenvalue weighted by atomic mass is 10.1. The number of hydrogen-bond acceptors (Lipinski definition) is 3. The van der Waals surface area contributed by atoms with E-state index < -0.39 is 0 Å². The zero-order valence-electron chi connectivity index (χ0n) is 13.9. The monoisotopic (exact) mass is 342 g/mol. The van der Waals surface area contributed by atoms with E-state index in [0.717, 1.165) is 21.8 Å². The van der Waals surface area contributed by atoms with Gasteiger partial charge < -0.3 is 5.32 Å². The predicted octanol–water partition coefficient (Wildman–Crippen LogP) is 6.18. The van der Waals surface area contributed by atoms with E-state index >= 15 is 0 Å². The van der Waals surface area contributed by atoms with Crippen LogP contribution in [0.2, 0.25) is 0 Å². The molecule has 122 valence electrons. The maximum Gasteiger partial charge on any atom is 0.124 e. The van der Waals surface area contributed by atoms with Gasteiger partial charge >= 0.3 is 0 Å². The van der Waals surface area contributed by atoms with Gasteiger partial charge in [-0.05, 0) is 35.4 Å². The zero-order chi connectivity index (χ0) is 17.1. The zero-order valence-corrected chi connectivity index (χ0v) is 14.8. The highest BCUT2D eigenvalue weighted by molar-refractivity contribution is 7.21. The van der Waals surface area contributed by atoms with Crippen LogP contribution in [0.4, 0.5) is 5.69 Å². The van der Waals surface area contributed by atoms with Gasteiger partial charge in [-0.1, -0.05) is 60.7 Å². The van der Waals surface area contributed by atoms with Gasteiger partial charge in [0.25, 0.3) is 0 Å². The van der Waals surface area contributed by atoms with Crippen LogP contribution in [0.25, 0.3) is 32.9 Å². The van der Waals surface area contributed by atoms with Crippen molar-refractivity contribution in [2.24, 2.45) is 0 Å². The van der Waals surface area contributed by atoms with Crippen molar-refractivity contribution >= 4 is 39.4 Å². The fourth-order valence-electron chi connectivity index (χ4n) is 2.69. The second kappa shape index (κ2) is 6.91. The van der Waals surface area contributed by atoms with Crippen LogP contribution >= 0.6 is 11.3 Å². The normalized spacial score (nSPS) is 11.2. The van der Waals surface area contributed by atoms with E-state index in [1.54, 1.807) is 11.3 Å². The molecule has 3 heteroatoms. The average molecular weight is 342 g/mol. The van der Waals surface area contributed by atoms with Crippen molar-refractivity contribution in [1.82, 2.24) is 4.98 Å². The SMILES string of the molecule is CNc1ccc(/C=C/c2ccc(-c3nc4ccccc4s3)cc2)cc1. The van der Waals surface area contributed by atoms with Gasteiger partial charge in [-0.3, -0.25) is 0 Å². The average Bonchev–Trinajstić information content (AvgIpc) is 3.11. The maximum atomic E-state index is 4.72. The summed E-state index contributed by atoms with van der Waals surface area (Å²) in [6, 6.07) is 25.2. The van der Waals surface area contributed by atoms with Crippen molar-refractivity contribution in [3.63, 3.8) is 0 Å². The molecule has 0 unspecified atom stereocenters. The molecule has 25 heavy (non-hydrogen) atoms. The van der Waals surface area contributed by atoms with Gasteiger partial charge in [0.15, 0.2) is 0 Å². The first kappa shape index (κ1) is 15.6. The van der Waals surface area contributed by atoms with Gasteiger partial charge in [-0.2, -0.15) is 0 Å². The number of thiazole rings is 1. The van der Waals surface area contributed by atoms with Crippen LogP contribution < -0.4 is 5.32 Å². The van der Waals surface area contributed by atoms with E-state index in [9.17, 15) is 0 Å². The minimum atomic E-state index is 1.07. The molecule has 0 saturated carbocycles. The van der Waals surface area contributed by atoms with Crippen LogP contribution in [0, 0.1) is 0 Å². The summed E-state index contributed by atoms with van der Waals surface area (Å²) in [4.78, 5) is 4.72. The molecular formula is C22H18N2S. The first-order valence-electron chi connectivity index (χ1n) is 8.24. The van der Waals surface area contributed by atoms with Crippen molar-refractivity contribution in [3.8, 4) is 10.6 Å². The van der Waals surface area contributed by atoms with Crippen LogP contribution in [-0.2, 0) is 0 Å². The summed E-state index contributed by atoms with van der Waals surface area (Å²) >= 11 is 1.73. The number of anilines is 1. The standard InChI is InChI=1S/C22H18N2S/c1-23-19-14-10-17(11-15-19)7-6-16-8-12-18(13-9-16)22-24-20-4-2-3-5-21(20)25-22/h2-15,23H,1H3/b7-6+. The molecule has 0 aliphatic carbocycles. The fourth-order valence-corrected chi connectivity index (χ4v) is 3.66. The topological polar surface area (TPSA) is 24.9 Å². The third kappa shape index (κ3) is 3.47. The maximum absolute atomic E-state index is 4.72. The minimum absolute atomic E-state index is 1.07. The molecule has 0 aliphatic rings. The summed E-state index contributed by atoms with van der Waals surface area (Å²) in [5.41, 5.74) is 5.72. The smallest absolute Gasteiger partial charge is 0.124 e. The van der Waals surface area contributed by atoms with Gasteiger partial charge in [0, 0.05) is 18.3 Å². The number of aromatic nitrogens is 1. The van der Waals surface area contributed by atoms with Gasteiger partial charge in [0.2, 0.25) is 0 Å². The Balaban J connectivity index is 1.53. The van der Waals surface area contributed by atoms with Gasteiger partial charge in [0.1, 0.15) is 5.01 Å². The van der Waals surface area contributed by atoms with Crippen LogP contribution in [0.15, 0.2) is 72.8 Å². The molecular weight excluding hydrogens is 324 g/mol. The number of benzene rings is 3. The Labute approximate surface area is 151 Å². The van der Waals surface area contributed by atoms with E-state index in [2.05, 4.69) is 84.2 Å². The van der Waals surface area contributed by atoms with Crippen molar-refractivity contribution in [3.05, 3.63) is 83.9 Å². The molecule has 4 aromatic rings. The van der Waals surface area contributed by atoms with Crippen molar-refractivity contribution < 1.29 is 0 Å². The number of para-hydroxylation sites is 1. The van der Waals surface area contributed by atoms with Crippen molar-refractivity contribution in [1.29, 1.82) is 0 Å². The van der Waals surface area contributed by atoms with Crippen molar-refractivity contribution in [2.75, 3.05) is 12.4 Å². The summed E-state index contributed by atoms with van der Waals surface area (Å²) in [6.07, 6.45) is 4.27. The lowest BCUT2D eigenvalue weighted by molar-refractivity contribution is 1.47. The van der Waals surface area contributed by atoms with E-state index in [1.165, 1.54) is 15.8 Å². The molecule has 0 atom stereocenters. The largest absolute Gasteiger partial charge is 0.388 e. The van der Waals surface area contributed by atoms with Gasteiger partial charge in [-0.15, -0.1) is 11.3 Å². The molecule has 1 heterocycles. The molecule has 1 N–H and O–H groups in total. The number of fused-ring (bicyclic) bond motifs is 1. The van der Waals surface area contributed by atoms with Crippen LogP contribution in [0.5, 0.6) is 0 Å². The molecule has 2 nitrogen and oxygen atoms in total. The molecule has 0 amide bonds. The summed E-state index contributed by atoms with van der Waals surface area (Å²) < 4.78 is 1.23. The molecule has 0 spiro atoms. The van der Waals surface area contributed by atoms with Gasteiger partial charge in [0.05, 0.1) is 10.2 Å². The molecule has 4 rings (SSSR count). The Morgan fingerprint density at radius 1 is 0.800 bits per heavy atom. The second-order valence-electron chi connectivity index (χ2n) is 5.81. The summed E-state index contributed by atoms with van der Waals surface area (Å²) in [6.45, 7) is 0. The van der Waals surface area contributed by atoms with Crippen molar-refractivity contribution in [2.45, 2.75) is 0 Å². The lowest BCUT2D eigenvalue weighted by Gasteiger charge is -2.00. The van der Waals surface area contributed by atoms with E-state index in [1.807, 2.05) is 13.1 Å². The molecule has 0 radical (unpaired) electrons. The van der Waals surface area contributed by atoms with E-state index in [0.29, 0.717) is 0 Å². The molecule has 3 aromatic carbocycles. The quantitative estimate of drug-likeness (QED) is 0.448. The lowest BCUT2D eigenvalue weighted by Crippen LogP contribution is -1.86. The summed E-state index contributed by atoms with van der Waals surface area (Å²) in [7, 11) is 1.93. The number of nitrogens with zero attached hydrogens (tertiary/aromatic N) is 1. The predicted molar refractivity (Wildman–Crippen MR) is 110 cm³/mol. The second-order valence-corrected chi connectivity index (χ2v) is 6.84. The Hall–Kier alpha value is -2.91. The Kier molecular flexibility index (Phi) is 4.32. The van der Waals surface area contributed by atoms with Crippen LogP contribution in [0.1, 0.15) is 11.1 Å². The Morgan fingerprint density at radius 2 is 1.44 bits per heavy atom. The fraction of sp³-hybridized carbons (Fsp3) is 0.0455.